The molecule has 0 aliphatic carbocycles. The summed E-state index contributed by atoms with van der Waals surface area (Å²) in [4.78, 5) is 34.3. The van der Waals surface area contributed by atoms with Crippen LogP contribution in [-0.4, -0.2) is 20.4 Å². The van der Waals surface area contributed by atoms with Crippen LogP contribution in [0.4, 0.5) is 0 Å². The second-order valence-electron chi connectivity index (χ2n) is 6.35. The normalized spacial score (nSPS) is 15.0. The zero-order valence-corrected chi connectivity index (χ0v) is 13.9. The van der Waals surface area contributed by atoms with Gasteiger partial charge in [-0.15, -0.1) is 0 Å². The van der Waals surface area contributed by atoms with Crippen LogP contribution in [0.25, 0.3) is 33.3 Å². The van der Waals surface area contributed by atoms with Gasteiger partial charge in [-0.1, -0.05) is 30.3 Å². The largest absolute Gasteiger partial charge is 0.332 e. The quantitative estimate of drug-likeness (QED) is 0.577. The Hall–Kier alpha value is -3.54. The molecule has 2 aromatic carbocycles. The first-order chi connectivity index (χ1) is 12.6. The maximum absolute atomic E-state index is 13.1. The fraction of sp³-hybridized carbons (Fsp3) is 0.100. The lowest BCUT2D eigenvalue weighted by Gasteiger charge is -2.16. The number of carbonyl (C=O) groups is 1. The molecule has 0 saturated carbocycles. The molecule has 0 bridgehead atoms. The third-order valence-corrected chi connectivity index (χ3v) is 4.67. The molecule has 0 spiro atoms. The molecule has 3 heterocycles. The van der Waals surface area contributed by atoms with Crippen LogP contribution < -0.4 is 10.9 Å². The summed E-state index contributed by atoms with van der Waals surface area (Å²) >= 11 is 0. The number of carbonyl (C=O) groups excluding carboxylic acids is 1. The Balaban J connectivity index is 1.90. The summed E-state index contributed by atoms with van der Waals surface area (Å²) in [5, 5.41) is 4.34. The van der Waals surface area contributed by atoms with Gasteiger partial charge in [0.25, 0.3) is 5.56 Å². The minimum absolute atomic E-state index is 0.189. The highest BCUT2D eigenvalue weighted by Gasteiger charge is 2.33. The van der Waals surface area contributed by atoms with E-state index in [0.717, 1.165) is 16.5 Å². The summed E-state index contributed by atoms with van der Waals surface area (Å²) in [7, 11) is 0. The molecule has 0 fully saturated rings. The van der Waals surface area contributed by atoms with Crippen molar-refractivity contribution in [3.63, 3.8) is 0 Å². The van der Waals surface area contributed by atoms with Crippen LogP contribution >= 0.6 is 0 Å². The smallest absolute Gasteiger partial charge is 0.263 e. The molecule has 1 atom stereocenters. The Morgan fingerprint density at radius 2 is 1.77 bits per heavy atom. The fourth-order valence-electron chi connectivity index (χ4n) is 3.55. The Bertz CT molecular complexity index is 1280. The van der Waals surface area contributed by atoms with Crippen LogP contribution in [0.5, 0.6) is 0 Å². The summed E-state index contributed by atoms with van der Waals surface area (Å²) in [5.41, 5.74) is 2.66. The van der Waals surface area contributed by atoms with Crippen molar-refractivity contribution in [3.8, 4) is 11.5 Å². The van der Waals surface area contributed by atoms with Gasteiger partial charge in [0.05, 0.1) is 16.4 Å². The van der Waals surface area contributed by atoms with Gasteiger partial charge in [0.2, 0.25) is 5.91 Å². The van der Waals surface area contributed by atoms with E-state index in [0.29, 0.717) is 22.4 Å². The number of hydrogen-bond donors (Lipinski definition) is 1. The third-order valence-electron chi connectivity index (χ3n) is 4.67. The first-order valence-electron chi connectivity index (χ1n) is 8.32. The molecule has 0 saturated heterocycles. The Kier molecular flexibility index (Phi) is 2.97. The minimum atomic E-state index is -0.612. The predicted molar refractivity (Wildman–Crippen MR) is 98.7 cm³/mol. The number of para-hydroxylation sites is 2. The molecule has 6 nitrogen and oxygen atoms in total. The summed E-state index contributed by atoms with van der Waals surface area (Å²) in [6.07, 6.45) is -0.612. The Morgan fingerprint density at radius 1 is 1.04 bits per heavy atom. The van der Waals surface area contributed by atoms with Gasteiger partial charge in [-0.2, -0.15) is 0 Å². The number of hydrogen-bond acceptors (Lipinski definition) is 4. The van der Waals surface area contributed by atoms with Gasteiger partial charge in [0, 0.05) is 17.9 Å². The molecule has 1 aliphatic heterocycles. The third kappa shape index (κ3) is 1.99. The van der Waals surface area contributed by atoms with Crippen LogP contribution in [-0.2, 0) is 4.79 Å². The molecular weight excluding hydrogens is 328 g/mol. The average Bonchev–Trinajstić information content (AvgIpc) is 2.93. The molecule has 1 N–H and O–H groups in total. The van der Waals surface area contributed by atoms with E-state index in [-0.39, 0.29) is 11.5 Å². The number of fused-ring (bicyclic) bond motifs is 5. The van der Waals surface area contributed by atoms with Crippen molar-refractivity contribution >= 4 is 27.7 Å². The highest BCUT2D eigenvalue weighted by atomic mass is 16.2. The number of amides is 1. The lowest BCUT2D eigenvalue weighted by Crippen LogP contribution is -2.35. The maximum atomic E-state index is 13.1. The van der Waals surface area contributed by atoms with Crippen LogP contribution in [0, 0.1) is 0 Å². The van der Waals surface area contributed by atoms with E-state index < -0.39 is 6.17 Å². The lowest BCUT2D eigenvalue weighted by atomic mass is 10.1. The monoisotopic (exact) mass is 342 g/mol. The van der Waals surface area contributed by atoms with E-state index in [1.807, 2.05) is 42.5 Å². The molecule has 0 radical (unpaired) electrons. The van der Waals surface area contributed by atoms with Gasteiger partial charge in [-0.05, 0) is 24.3 Å². The molecular formula is C20H14N4O2. The number of aromatic nitrogens is 3. The van der Waals surface area contributed by atoms with Gasteiger partial charge < -0.3 is 5.32 Å². The van der Waals surface area contributed by atoms with Gasteiger partial charge >= 0.3 is 0 Å². The van der Waals surface area contributed by atoms with Crippen LogP contribution in [0.1, 0.15) is 18.7 Å². The second kappa shape index (κ2) is 5.23. The van der Waals surface area contributed by atoms with E-state index in [1.54, 1.807) is 12.1 Å². The summed E-state index contributed by atoms with van der Waals surface area (Å²) in [6.45, 7) is 1.44. The van der Waals surface area contributed by atoms with Gasteiger partial charge in [-0.3, -0.25) is 14.2 Å². The van der Waals surface area contributed by atoms with Crippen molar-refractivity contribution < 1.29 is 4.79 Å². The first-order valence-corrected chi connectivity index (χ1v) is 8.32. The van der Waals surface area contributed by atoms with Crippen molar-refractivity contribution in [1.82, 2.24) is 19.9 Å². The number of nitrogens with one attached hydrogen (secondary N) is 1. The molecule has 1 amide bonds. The Labute approximate surface area is 148 Å². The number of pyridine rings is 1. The highest BCUT2D eigenvalue weighted by Crippen LogP contribution is 2.36. The predicted octanol–water partition coefficient (Wildman–Crippen LogP) is 2.61. The SMILES string of the molecule is CC(=O)NC1c2cc3ccccc3nc2-c2nc3ccccc3c(=O)n21. The molecule has 1 aliphatic rings. The summed E-state index contributed by atoms with van der Waals surface area (Å²) in [6, 6.07) is 16.9. The van der Waals surface area contributed by atoms with Crippen LogP contribution in [0.3, 0.4) is 0 Å². The maximum Gasteiger partial charge on any atom is 0.263 e. The van der Waals surface area contributed by atoms with Crippen molar-refractivity contribution in [1.29, 1.82) is 0 Å². The zero-order chi connectivity index (χ0) is 17.8. The van der Waals surface area contributed by atoms with Gasteiger partial charge in [-0.25, -0.2) is 9.97 Å². The van der Waals surface area contributed by atoms with E-state index in [9.17, 15) is 9.59 Å². The van der Waals surface area contributed by atoms with Crippen LogP contribution in [0.15, 0.2) is 59.4 Å². The van der Waals surface area contributed by atoms with E-state index in [4.69, 9.17) is 4.98 Å². The van der Waals surface area contributed by atoms with Crippen molar-refractivity contribution in [2.24, 2.45) is 0 Å². The molecule has 5 rings (SSSR count). The first kappa shape index (κ1) is 14.8. The highest BCUT2D eigenvalue weighted by molar-refractivity contribution is 5.86. The summed E-state index contributed by atoms with van der Waals surface area (Å²) in [5.74, 6) is 0.259. The fourth-order valence-corrected chi connectivity index (χ4v) is 3.55. The van der Waals surface area contributed by atoms with E-state index in [1.165, 1.54) is 11.5 Å². The lowest BCUT2D eigenvalue weighted by molar-refractivity contribution is -0.119. The standard InChI is InChI=1S/C20H14N4O2/c1-11(25)21-18-14-10-12-6-2-4-8-15(12)22-17(14)19-23-16-9-5-3-7-13(16)20(26)24(18)19/h2-10,18H,1H3,(H,21,25). The molecule has 126 valence electrons. The molecule has 6 heteroatoms. The van der Waals surface area contributed by atoms with Gasteiger partial charge in [0.1, 0.15) is 11.9 Å². The van der Waals surface area contributed by atoms with Crippen molar-refractivity contribution in [3.05, 3.63) is 70.5 Å². The second-order valence-corrected chi connectivity index (χ2v) is 6.35. The number of benzene rings is 2. The number of nitrogens with zero attached hydrogens (tertiary/aromatic N) is 3. The van der Waals surface area contributed by atoms with E-state index >= 15 is 0 Å². The molecule has 26 heavy (non-hydrogen) atoms. The van der Waals surface area contributed by atoms with Crippen LogP contribution in [0.2, 0.25) is 0 Å². The topological polar surface area (TPSA) is 76.9 Å². The Morgan fingerprint density at radius 3 is 2.58 bits per heavy atom. The minimum Gasteiger partial charge on any atom is -0.332 e. The van der Waals surface area contributed by atoms with E-state index in [2.05, 4.69) is 10.3 Å². The van der Waals surface area contributed by atoms with Crippen molar-refractivity contribution in [2.45, 2.75) is 13.1 Å². The van der Waals surface area contributed by atoms with Gasteiger partial charge in [0.15, 0.2) is 5.82 Å². The van der Waals surface area contributed by atoms with Crippen molar-refractivity contribution in [2.75, 3.05) is 0 Å². The zero-order valence-electron chi connectivity index (χ0n) is 13.9. The average molecular weight is 342 g/mol. The molecule has 4 aromatic rings. The summed E-state index contributed by atoms with van der Waals surface area (Å²) < 4.78 is 1.53. The molecule has 2 aromatic heterocycles. The molecule has 1 unspecified atom stereocenters. The number of rotatable bonds is 1.